The highest BCUT2D eigenvalue weighted by Gasteiger charge is 2.24. The summed E-state index contributed by atoms with van der Waals surface area (Å²) < 4.78 is 27.4. The number of aromatic carboxylic acids is 1. The van der Waals surface area contributed by atoms with Gasteiger partial charge in [-0.05, 0) is 18.7 Å². The number of aryl methyl sites for hydroxylation is 1. The lowest BCUT2D eigenvalue weighted by molar-refractivity contribution is 0.0685. The van der Waals surface area contributed by atoms with Crippen molar-refractivity contribution in [3.63, 3.8) is 0 Å². The van der Waals surface area contributed by atoms with E-state index < -0.39 is 16.0 Å². The van der Waals surface area contributed by atoms with Gasteiger partial charge in [0.25, 0.3) is 0 Å². The first-order chi connectivity index (χ1) is 9.34. The average molecular weight is 320 g/mol. The molecule has 0 aliphatic rings. The largest absolute Gasteiger partial charge is 0.477 e. The van der Waals surface area contributed by atoms with Crippen LogP contribution in [0.2, 0.25) is 0 Å². The standard InChI is InChI=1S/C12H20N2O4S2/c1-4-5-14-9-10(8-11(14)12(15)16)20(17,18)13(2)6-7-19-3/h8-9H,4-7H2,1-3H3,(H,15,16). The maximum atomic E-state index is 12.3. The molecule has 0 aliphatic heterocycles. The molecule has 8 heteroatoms. The van der Waals surface area contributed by atoms with Gasteiger partial charge in [0.2, 0.25) is 10.0 Å². The Morgan fingerprint density at radius 1 is 1.50 bits per heavy atom. The molecule has 0 bridgehead atoms. The van der Waals surface area contributed by atoms with Crippen LogP contribution in [0.5, 0.6) is 0 Å². The van der Waals surface area contributed by atoms with Gasteiger partial charge in [-0.3, -0.25) is 0 Å². The van der Waals surface area contributed by atoms with Gasteiger partial charge in [-0.15, -0.1) is 0 Å². The minimum Gasteiger partial charge on any atom is -0.477 e. The first-order valence-corrected chi connectivity index (χ1v) is 9.06. The molecule has 0 amide bonds. The molecule has 1 heterocycles. The number of aromatic nitrogens is 1. The topological polar surface area (TPSA) is 79.6 Å². The zero-order chi connectivity index (χ0) is 15.3. The Labute approximate surface area is 123 Å². The second-order valence-electron chi connectivity index (χ2n) is 4.38. The van der Waals surface area contributed by atoms with Crippen molar-refractivity contribution in [3.05, 3.63) is 18.0 Å². The number of carboxylic acid groups (broad SMARTS) is 1. The fraction of sp³-hybridized carbons (Fsp3) is 0.583. The zero-order valence-electron chi connectivity index (χ0n) is 11.9. The van der Waals surface area contributed by atoms with Crippen molar-refractivity contribution >= 4 is 27.8 Å². The molecule has 114 valence electrons. The molecule has 1 rings (SSSR count). The van der Waals surface area contributed by atoms with E-state index in [0.717, 1.165) is 6.42 Å². The van der Waals surface area contributed by atoms with Crippen LogP contribution in [0.15, 0.2) is 17.2 Å². The van der Waals surface area contributed by atoms with E-state index in [2.05, 4.69) is 0 Å². The Balaban J connectivity index is 3.12. The van der Waals surface area contributed by atoms with Crippen molar-refractivity contribution in [2.24, 2.45) is 0 Å². The van der Waals surface area contributed by atoms with Crippen LogP contribution in [0.1, 0.15) is 23.8 Å². The minimum atomic E-state index is -3.63. The fourth-order valence-electron chi connectivity index (χ4n) is 1.75. The van der Waals surface area contributed by atoms with Crippen molar-refractivity contribution in [3.8, 4) is 0 Å². The quantitative estimate of drug-likeness (QED) is 0.786. The number of sulfonamides is 1. The number of nitrogens with zero attached hydrogens (tertiary/aromatic N) is 2. The molecular weight excluding hydrogens is 300 g/mol. The minimum absolute atomic E-state index is 0.00342. The van der Waals surface area contributed by atoms with Gasteiger partial charge in [0.05, 0.1) is 0 Å². The zero-order valence-corrected chi connectivity index (χ0v) is 13.5. The molecular formula is C12H20N2O4S2. The Hall–Kier alpha value is -0.990. The van der Waals surface area contributed by atoms with E-state index in [9.17, 15) is 13.2 Å². The van der Waals surface area contributed by atoms with Gasteiger partial charge >= 0.3 is 5.97 Å². The predicted octanol–water partition coefficient (Wildman–Crippen LogP) is 1.58. The number of thioether (sulfide) groups is 1. The Morgan fingerprint density at radius 2 is 2.15 bits per heavy atom. The lowest BCUT2D eigenvalue weighted by Crippen LogP contribution is -2.28. The summed E-state index contributed by atoms with van der Waals surface area (Å²) >= 11 is 1.56. The second kappa shape index (κ2) is 7.14. The first-order valence-electron chi connectivity index (χ1n) is 6.23. The monoisotopic (exact) mass is 320 g/mol. The summed E-state index contributed by atoms with van der Waals surface area (Å²) in [4.78, 5) is 11.2. The molecule has 0 saturated heterocycles. The van der Waals surface area contributed by atoms with Gasteiger partial charge in [0.15, 0.2) is 0 Å². The lowest BCUT2D eigenvalue weighted by Gasteiger charge is -2.15. The molecule has 0 spiro atoms. The van der Waals surface area contributed by atoms with Crippen molar-refractivity contribution in [2.75, 3.05) is 25.6 Å². The highest BCUT2D eigenvalue weighted by molar-refractivity contribution is 7.98. The molecule has 1 aromatic heterocycles. The molecule has 0 aromatic carbocycles. The molecule has 0 atom stereocenters. The summed E-state index contributed by atoms with van der Waals surface area (Å²) in [6.07, 6.45) is 4.04. The van der Waals surface area contributed by atoms with Crippen LogP contribution in [0.4, 0.5) is 0 Å². The summed E-state index contributed by atoms with van der Waals surface area (Å²) in [6.45, 7) is 2.78. The van der Waals surface area contributed by atoms with E-state index in [0.29, 0.717) is 18.8 Å². The van der Waals surface area contributed by atoms with Crippen LogP contribution in [0.25, 0.3) is 0 Å². The maximum Gasteiger partial charge on any atom is 0.352 e. The third kappa shape index (κ3) is 3.77. The van der Waals surface area contributed by atoms with Gasteiger partial charge in [-0.2, -0.15) is 11.8 Å². The van der Waals surface area contributed by atoms with Gasteiger partial charge in [0, 0.05) is 32.1 Å². The van der Waals surface area contributed by atoms with E-state index in [1.165, 1.54) is 28.2 Å². The number of hydrogen-bond acceptors (Lipinski definition) is 4. The lowest BCUT2D eigenvalue weighted by atomic mass is 10.4. The van der Waals surface area contributed by atoms with Gasteiger partial charge < -0.3 is 9.67 Å². The number of hydrogen-bond donors (Lipinski definition) is 1. The Morgan fingerprint density at radius 3 is 2.65 bits per heavy atom. The van der Waals surface area contributed by atoms with E-state index >= 15 is 0 Å². The van der Waals surface area contributed by atoms with Crippen molar-refractivity contribution in [2.45, 2.75) is 24.8 Å². The average Bonchev–Trinajstić information content (AvgIpc) is 2.81. The van der Waals surface area contributed by atoms with Crippen LogP contribution in [0, 0.1) is 0 Å². The van der Waals surface area contributed by atoms with Crippen molar-refractivity contribution < 1.29 is 18.3 Å². The Kier molecular flexibility index (Phi) is 6.09. The maximum absolute atomic E-state index is 12.3. The molecule has 0 saturated carbocycles. The highest BCUT2D eigenvalue weighted by Crippen LogP contribution is 2.19. The number of carboxylic acids is 1. The van der Waals surface area contributed by atoms with Crippen molar-refractivity contribution in [1.82, 2.24) is 8.87 Å². The summed E-state index contributed by atoms with van der Waals surface area (Å²) in [5, 5.41) is 9.12. The molecule has 0 fully saturated rings. The van der Waals surface area contributed by atoms with Gasteiger partial charge in [-0.1, -0.05) is 6.92 Å². The van der Waals surface area contributed by atoms with E-state index in [-0.39, 0.29) is 10.6 Å². The number of rotatable bonds is 8. The fourth-order valence-corrected chi connectivity index (χ4v) is 3.53. The van der Waals surface area contributed by atoms with Crippen LogP contribution in [-0.4, -0.2) is 54.0 Å². The normalized spacial score (nSPS) is 12.0. The third-order valence-electron chi connectivity index (χ3n) is 2.87. The number of carbonyl (C=O) groups is 1. The van der Waals surface area contributed by atoms with Crippen LogP contribution in [-0.2, 0) is 16.6 Å². The van der Waals surface area contributed by atoms with Crippen molar-refractivity contribution in [1.29, 1.82) is 0 Å². The molecule has 6 nitrogen and oxygen atoms in total. The van der Waals surface area contributed by atoms with Gasteiger partial charge in [-0.25, -0.2) is 17.5 Å². The molecule has 0 aliphatic carbocycles. The smallest absolute Gasteiger partial charge is 0.352 e. The van der Waals surface area contributed by atoms with Crippen LogP contribution < -0.4 is 0 Å². The van der Waals surface area contributed by atoms with Crippen LogP contribution >= 0.6 is 11.8 Å². The summed E-state index contributed by atoms with van der Waals surface area (Å²) in [7, 11) is -2.13. The molecule has 20 heavy (non-hydrogen) atoms. The molecule has 0 radical (unpaired) electrons. The summed E-state index contributed by atoms with van der Waals surface area (Å²) in [6, 6.07) is 1.23. The first kappa shape index (κ1) is 17.1. The summed E-state index contributed by atoms with van der Waals surface area (Å²) in [5.41, 5.74) is 0.00342. The molecule has 0 unspecified atom stereocenters. The Bertz CT molecular complexity index is 566. The third-order valence-corrected chi connectivity index (χ3v) is 5.29. The predicted molar refractivity (Wildman–Crippen MR) is 79.9 cm³/mol. The SMILES string of the molecule is CCCn1cc(S(=O)(=O)N(C)CCSC)cc1C(=O)O. The van der Waals surface area contributed by atoms with E-state index in [4.69, 9.17) is 5.11 Å². The molecule has 1 N–H and O–H groups in total. The van der Waals surface area contributed by atoms with E-state index in [1.54, 1.807) is 11.8 Å². The molecule has 1 aromatic rings. The highest BCUT2D eigenvalue weighted by atomic mass is 32.2. The summed E-state index contributed by atoms with van der Waals surface area (Å²) in [5.74, 6) is -0.427. The second-order valence-corrected chi connectivity index (χ2v) is 7.41. The van der Waals surface area contributed by atoms with Gasteiger partial charge in [0.1, 0.15) is 10.6 Å². The van der Waals surface area contributed by atoms with Crippen LogP contribution in [0.3, 0.4) is 0 Å². The van der Waals surface area contributed by atoms with E-state index in [1.807, 2.05) is 13.2 Å².